The van der Waals surface area contributed by atoms with Gasteiger partial charge in [-0.1, -0.05) is 58.0 Å². The molecule has 3 unspecified atom stereocenters. The molecule has 1 saturated carbocycles. The highest BCUT2D eigenvalue weighted by Crippen LogP contribution is 2.31. The molecule has 0 amide bonds. The number of hydrogen-bond acceptors (Lipinski definition) is 4. The predicted octanol–water partition coefficient (Wildman–Crippen LogP) is 2.89. The summed E-state index contributed by atoms with van der Waals surface area (Å²) in [4.78, 5) is 23.0. The molecule has 0 spiro atoms. The highest BCUT2D eigenvalue weighted by atomic mass is 127. The summed E-state index contributed by atoms with van der Waals surface area (Å²) in [7, 11) is 0. The van der Waals surface area contributed by atoms with Gasteiger partial charge in [-0.2, -0.15) is 0 Å². The van der Waals surface area contributed by atoms with Crippen LogP contribution in [0, 0.1) is 5.92 Å². The number of esters is 2. The molecule has 6 heteroatoms. The van der Waals surface area contributed by atoms with Gasteiger partial charge in [0.15, 0.2) is 0 Å². The summed E-state index contributed by atoms with van der Waals surface area (Å²) in [5.41, 5.74) is 0. The number of rotatable bonds is 5. The lowest BCUT2D eigenvalue weighted by molar-refractivity contribution is -0.155. The smallest absolute Gasteiger partial charge is 0.318 e. The lowest BCUT2D eigenvalue weighted by Crippen LogP contribution is -2.30. The second-order valence-electron chi connectivity index (χ2n) is 4.36. The van der Waals surface area contributed by atoms with Crippen molar-refractivity contribution in [3.63, 3.8) is 0 Å². The van der Waals surface area contributed by atoms with Gasteiger partial charge in [0, 0.05) is 3.92 Å². The summed E-state index contributed by atoms with van der Waals surface area (Å²) in [5, 5.41) is 0. The Morgan fingerprint density at radius 3 is 2.44 bits per heavy atom. The van der Waals surface area contributed by atoms with Gasteiger partial charge in [0.1, 0.15) is 17.1 Å². The Morgan fingerprint density at radius 2 is 1.83 bits per heavy atom. The summed E-state index contributed by atoms with van der Waals surface area (Å²) >= 11 is 4.32. The molecule has 0 aromatic heterocycles. The van der Waals surface area contributed by atoms with Crippen molar-refractivity contribution in [3.8, 4) is 0 Å². The minimum atomic E-state index is -0.268. The van der Waals surface area contributed by atoms with E-state index in [9.17, 15) is 9.59 Å². The molecule has 18 heavy (non-hydrogen) atoms. The third kappa shape index (κ3) is 5.58. The van der Waals surface area contributed by atoms with Crippen molar-refractivity contribution >= 4 is 57.1 Å². The second-order valence-corrected chi connectivity index (χ2v) is 7.83. The van der Waals surface area contributed by atoms with Crippen LogP contribution in [0.3, 0.4) is 0 Å². The molecule has 0 heterocycles. The van der Waals surface area contributed by atoms with Crippen LogP contribution in [0.4, 0.5) is 0 Å². The molecule has 0 aromatic carbocycles. The Kier molecular flexibility index (Phi) is 7.81. The first-order chi connectivity index (χ1) is 8.52. The van der Waals surface area contributed by atoms with Crippen molar-refractivity contribution in [2.75, 3.05) is 13.2 Å². The van der Waals surface area contributed by atoms with Crippen LogP contribution in [0.15, 0.2) is 0 Å². The topological polar surface area (TPSA) is 52.6 Å². The second kappa shape index (κ2) is 8.55. The molecule has 0 saturated heterocycles. The van der Waals surface area contributed by atoms with Crippen LogP contribution >= 0.6 is 45.2 Å². The van der Waals surface area contributed by atoms with Crippen molar-refractivity contribution in [1.82, 2.24) is 0 Å². The lowest BCUT2D eigenvalue weighted by atomic mass is 9.89. The van der Waals surface area contributed by atoms with Crippen LogP contribution in [0.2, 0.25) is 0 Å². The number of ether oxygens (including phenoxy) is 2. The van der Waals surface area contributed by atoms with Gasteiger partial charge >= 0.3 is 11.9 Å². The van der Waals surface area contributed by atoms with Crippen LogP contribution in [-0.4, -0.2) is 33.0 Å². The van der Waals surface area contributed by atoms with Crippen LogP contribution < -0.4 is 0 Å². The molecule has 0 aliphatic heterocycles. The Balaban J connectivity index is 2.18. The number of carbonyl (C=O) groups excluding carboxylic acids is 2. The van der Waals surface area contributed by atoms with E-state index in [4.69, 9.17) is 9.47 Å². The summed E-state index contributed by atoms with van der Waals surface area (Å²) < 4.78 is 10.3. The molecule has 0 radical (unpaired) electrons. The van der Waals surface area contributed by atoms with Crippen molar-refractivity contribution < 1.29 is 19.1 Å². The van der Waals surface area contributed by atoms with E-state index < -0.39 is 0 Å². The molecule has 0 N–H and O–H groups in total. The molecule has 104 valence electrons. The fourth-order valence-electron chi connectivity index (χ4n) is 1.86. The number of alkyl halides is 2. The number of halogens is 2. The average Bonchev–Trinajstić information content (AvgIpc) is 2.34. The summed E-state index contributed by atoms with van der Waals surface area (Å²) in [6.07, 6.45) is 4.29. The van der Waals surface area contributed by atoms with E-state index in [1.807, 2.05) is 22.6 Å². The largest absolute Gasteiger partial charge is 0.462 e. The van der Waals surface area contributed by atoms with Crippen molar-refractivity contribution in [2.45, 2.75) is 40.5 Å². The zero-order valence-electron chi connectivity index (χ0n) is 10.4. The predicted molar refractivity (Wildman–Crippen MR) is 85.2 cm³/mol. The quantitative estimate of drug-likeness (QED) is 0.263. The van der Waals surface area contributed by atoms with Gasteiger partial charge in [-0.05, 0) is 19.8 Å². The molecular weight excluding hydrogens is 462 g/mol. The molecule has 1 rings (SSSR count). The Bertz CT molecular complexity index is 294. The molecular formula is C12H18I2O4. The van der Waals surface area contributed by atoms with Gasteiger partial charge < -0.3 is 9.47 Å². The minimum absolute atomic E-state index is 0.0125. The molecule has 4 nitrogen and oxygen atoms in total. The molecule has 0 aromatic rings. The van der Waals surface area contributed by atoms with Crippen LogP contribution in [0.1, 0.15) is 32.6 Å². The third-order valence-corrected chi connectivity index (χ3v) is 4.88. The highest BCUT2D eigenvalue weighted by molar-refractivity contribution is 14.1. The number of carbonyl (C=O) groups is 2. The Morgan fingerprint density at radius 1 is 1.22 bits per heavy atom. The lowest BCUT2D eigenvalue weighted by Gasteiger charge is -2.25. The standard InChI is InChI=1S/C12H18I2O4/c1-8(13)11(15)17-6-7-18-12(16)9-4-2-3-5-10(9)14/h8-10H,2-7H2,1H3. The van der Waals surface area contributed by atoms with Crippen LogP contribution in [-0.2, 0) is 19.1 Å². The monoisotopic (exact) mass is 480 g/mol. The normalized spacial score (nSPS) is 25.3. The summed E-state index contributed by atoms with van der Waals surface area (Å²) in [5.74, 6) is -0.401. The maximum Gasteiger partial charge on any atom is 0.318 e. The van der Waals surface area contributed by atoms with Gasteiger partial charge in [0.2, 0.25) is 0 Å². The maximum absolute atomic E-state index is 11.8. The van der Waals surface area contributed by atoms with Crippen molar-refractivity contribution in [1.29, 1.82) is 0 Å². The zero-order valence-corrected chi connectivity index (χ0v) is 14.7. The first kappa shape index (κ1) is 16.5. The first-order valence-electron chi connectivity index (χ1n) is 6.13. The van der Waals surface area contributed by atoms with E-state index >= 15 is 0 Å². The van der Waals surface area contributed by atoms with E-state index in [1.165, 1.54) is 6.42 Å². The van der Waals surface area contributed by atoms with Gasteiger partial charge in [-0.25, -0.2) is 0 Å². The van der Waals surface area contributed by atoms with Crippen molar-refractivity contribution in [2.24, 2.45) is 5.92 Å². The fourth-order valence-corrected chi connectivity index (χ4v) is 3.13. The summed E-state index contributed by atoms with van der Waals surface area (Å²) in [6, 6.07) is 0. The Hall–Kier alpha value is 0.400. The van der Waals surface area contributed by atoms with E-state index in [0.717, 1.165) is 19.3 Å². The van der Waals surface area contributed by atoms with Gasteiger partial charge in [0.25, 0.3) is 0 Å². The molecule has 3 atom stereocenters. The van der Waals surface area contributed by atoms with E-state index in [1.54, 1.807) is 6.92 Å². The van der Waals surface area contributed by atoms with E-state index in [-0.39, 0.29) is 35.0 Å². The Labute approximate surface area is 135 Å². The van der Waals surface area contributed by atoms with E-state index in [0.29, 0.717) is 3.92 Å². The van der Waals surface area contributed by atoms with Crippen molar-refractivity contribution in [3.05, 3.63) is 0 Å². The first-order valence-corrected chi connectivity index (χ1v) is 8.63. The van der Waals surface area contributed by atoms with Gasteiger partial charge in [-0.3, -0.25) is 9.59 Å². The molecule has 1 aliphatic rings. The van der Waals surface area contributed by atoms with E-state index in [2.05, 4.69) is 22.6 Å². The fraction of sp³-hybridized carbons (Fsp3) is 0.833. The van der Waals surface area contributed by atoms with Crippen LogP contribution in [0.25, 0.3) is 0 Å². The minimum Gasteiger partial charge on any atom is -0.462 e. The molecule has 1 fully saturated rings. The maximum atomic E-state index is 11.8. The molecule has 1 aliphatic carbocycles. The highest BCUT2D eigenvalue weighted by Gasteiger charge is 2.30. The van der Waals surface area contributed by atoms with Gasteiger partial charge in [-0.15, -0.1) is 0 Å². The number of hydrogen-bond donors (Lipinski definition) is 0. The average molecular weight is 480 g/mol. The zero-order chi connectivity index (χ0) is 13.5. The summed E-state index contributed by atoms with van der Waals surface area (Å²) in [6.45, 7) is 2.07. The third-order valence-electron chi connectivity index (χ3n) is 2.88. The van der Waals surface area contributed by atoms with Crippen LogP contribution in [0.5, 0.6) is 0 Å². The molecule has 0 bridgehead atoms. The SMILES string of the molecule is CC(I)C(=O)OCCOC(=O)C1CCCCC1I. The van der Waals surface area contributed by atoms with Gasteiger partial charge in [0.05, 0.1) is 5.92 Å².